The summed E-state index contributed by atoms with van der Waals surface area (Å²) in [7, 11) is 0. The van der Waals surface area contributed by atoms with Gasteiger partial charge in [0.1, 0.15) is 11.6 Å². The Morgan fingerprint density at radius 2 is 1.60 bits per heavy atom. The molecule has 1 N–H and O–H groups in total. The highest BCUT2D eigenvalue weighted by atomic mass is 79.9. The van der Waals surface area contributed by atoms with Gasteiger partial charge in [0.2, 0.25) is 0 Å². The van der Waals surface area contributed by atoms with E-state index in [-0.39, 0.29) is 6.04 Å². The van der Waals surface area contributed by atoms with Gasteiger partial charge in [-0.25, -0.2) is 8.78 Å². The first-order valence-corrected chi connectivity index (χ1v) is 7.25. The zero-order chi connectivity index (χ0) is 14.5. The molecule has 1 nitrogen and oxygen atoms in total. The molecule has 1 unspecified atom stereocenters. The molecule has 2 aromatic rings. The first-order valence-electron chi connectivity index (χ1n) is 6.46. The fraction of sp³-hybridized carbons (Fsp3) is 0.250. The quantitative estimate of drug-likeness (QED) is 0.848. The molecule has 106 valence electrons. The van der Waals surface area contributed by atoms with E-state index in [0.29, 0.717) is 12.1 Å². The molecule has 0 spiro atoms. The van der Waals surface area contributed by atoms with E-state index >= 15 is 0 Å². The lowest BCUT2D eigenvalue weighted by molar-refractivity contribution is 0.535. The van der Waals surface area contributed by atoms with E-state index < -0.39 is 11.6 Å². The van der Waals surface area contributed by atoms with Crippen molar-refractivity contribution in [2.75, 3.05) is 0 Å². The van der Waals surface area contributed by atoms with Gasteiger partial charge in [0.05, 0.1) is 0 Å². The van der Waals surface area contributed by atoms with Crippen LogP contribution in [0.25, 0.3) is 0 Å². The molecule has 2 rings (SSSR count). The lowest BCUT2D eigenvalue weighted by atomic mass is 10.1. The molecule has 0 heterocycles. The molecule has 0 aliphatic carbocycles. The second kappa shape index (κ2) is 6.95. The van der Waals surface area contributed by atoms with Gasteiger partial charge in [-0.15, -0.1) is 0 Å². The van der Waals surface area contributed by atoms with E-state index in [1.165, 1.54) is 17.7 Å². The predicted molar refractivity (Wildman–Crippen MR) is 80.5 cm³/mol. The van der Waals surface area contributed by atoms with Crippen molar-refractivity contribution < 1.29 is 8.78 Å². The number of hydrogen-bond donors (Lipinski definition) is 1. The third-order valence-corrected chi connectivity index (χ3v) is 3.56. The van der Waals surface area contributed by atoms with Crippen LogP contribution in [-0.2, 0) is 13.0 Å². The largest absolute Gasteiger partial charge is 0.310 e. The van der Waals surface area contributed by atoms with Gasteiger partial charge in [-0.05, 0) is 48.7 Å². The second-order valence-electron chi connectivity index (χ2n) is 4.89. The summed E-state index contributed by atoms with van der Waals surface area (Å²) in [4.78, 5) is 0. The standard InChI is InChI=1S/C16H16BrF2N/c1-11(6-12-2-4-14(17)5-3-12)20-10-13-7-15(18)9-16(19)8-13/h2-5,7-9,11,20H,6,10H2,1H3. The Bertz CT molecular complexity index is 549. The minimum Gasteiger partial charge on any atom is -0.310 e. The molecule has 0 saturated heterocycles. The van der Waals surface area contributed by atoms with Gasteiger partial charge in [-0.1, -0.05) is 28.1 Å². The highest BCUT2D eigenvalue weighted by Crippen LogP contribution is 2.12. The summed E-state index contributed by atoms with van der Waals surface area (Å²) in [6.07, 6.45) is 0.866. The van der Waals surface area contributed by atoms with E-state index in [1.54, 1.807) is 0 Å². The highest BCUT2D eigenvalue weighted by molar-refractivity contribution is 9.10. The number of halogens is 3. The summed E-state index contributed by atoms with van der Waals surface area (Å²) in [5.41, 5.74) is 1.84. The number of benzene rings is 2. The molecule has 0 aliphatic heterocycles. The van der Waals surface area contributed by atoms with E-state index in [4.69, 9.17) is 0 Å². The summed E-state index contributed by atoms with van der Waals surface area (Å²) < 4.78 is 27.2. The minimum absolute atomic E-state index is 0.225. The van der Waals surface area contributed by atoms with Crippen LogP contribution in [0.1, 0.15) is 18.1 Å². The van der Waals surface area contributed by atoms with Crippen molar-refractivity contribution in [1.82, 2.24) is 5.32 Å². The zero-order valence-corrected chi connectivity index (χ0v) is 12.8. The second-order valence-corrected chi connectivity index (χ2v) is 5.81. The summed E-state index contributed by atoms with van der Waals surface area (Å²) in [5.74, 6) is -1.08. The molecule has 0 saturated carbocycles. The smallest absolute Gasteiger partial charge is 0.126 e. The molecule has 2 aromatic carbocycles. The van der Waals surface area contributed by atoms with Crippen molar-refractivity contribution >= 4 is 15.9 Å². The molecule has 0 radical (unpaired) electrons. The van der Waals surface area contributed by atoms with Crippen LogP contribution in [0.4, 0.5) is 8.78 Å². The first-order chi connectivity index (χ1) is 9.52. The van der Waals surface area contributed by atoms with Gasteiger partial charge in [-0.2, -0.15) is 0 Å². The molecule has 4 heteroatoms. The number of nitrogens with one attached hydrogen (secondary N) is 1. The minimum atomic E-state index is -0.539. The Morgan fingerprint density at radius 1 is 1.00 bits per heavy atom. The topological polar surface area (TPSA) is 12.0 Å². The fourth-order valence-corrected chi connectivity index (χ4v) is 2.32. The normalized spacial score (nSPS) is 12.4. The molecule has 0 aromatic heterocycles. The van der Waals surface area contributed by atoms with Crippen LogP contribution >= 0.6 is 15.9 Å². The maximum absolute atomic E-state index is 13.1. The average Bonchev–Trinajstić information content (AvgIpc) is 2.38. The molecule has 0 fully saturated rings. The maximum Gasteiger partial charge on any atom is 0.126 e. The highest BCUT2D eigenvalue weighted by Gasteiger charge is 2.05. The Morgan fingerprint density at radius 3 is 2.20 bits per heavy atom. The van der Waals surface area contributed by atoms with Gasteiger partial charge in [0.15, 0.2) is 0 Å². The van der Waals surface area contributed by atoms with Gasteiger partial charge >= 0.3 is 0 Å². The summed E-state index contributed by atoms with van der Waals surface area (Å²) >= 11 is 3.40. The van der Waals surface area contributed by atoms with E-state index in [0.717, 1.165) is 17.0 Å². The zero-order valence-electron chi connectivity index (χ0n) is 11.2. The first kappa shape index (κ1) is 15.1. The number of hydrogen-bond acceptors (Lipinski definition) is 1. The van der Waals surface area contributed by atoms with Crippen molar-refractivity contribution in [3.63, 3.8) is 0 Å². The molecule has 0 amide bonds. The molecular weight excluding hydrogens is 324 g/mol. The SMILES string of the molecule is CC(Cc1ccc(Br)cc1)NCc1cc(F)cc(F)c1. The van der Waals surface area contributed by atoms with Crippen LogP contribution < -0.4 is 5.32 Å². The third kappa shape index (κ3) is 4.69. The Labute approximate surface area is 126 Å². The lowest BCUT2D eigenvalue weighted by Gasteiger charge is -2.14. The van der Waals surface area contributed by atoms with Crippen LogP contribution in [-0.4, -0.2) is 6.04 Å². The summed E-state index contributed by atoms with van der Waals surface area (Å²) in [6.45, 7) is 2.50. The molecule has 1 atom stereocenters. The van der Waals surface area contributed by atoms with Gasteiger partial charge in [0.25, 0.3) is 0 Å². The van der Waals surface area contributed by atoms with Gasteiger partial charge in [0, 0.05) is 23.1 Å². The van der Waals surface area contributed by atoms with Gasteiger partial charge < -0.3 is 5.32 Å². The van der Waals surface area contributed by atoms with E-state index in [2.05, 4.69) is 40.3 Å². The summed E-state index contributed by atoms with van der Waals surface area (Å²) in [6, 6.07) is 11.9. The van der Waals surface area contributed by atoms with Crippen molar-refractivity contribution in [3.8, 4) is 0 Å². The van der Waals surface area contributed by atoms with Crippen LogP contribution in [0, 0.1) is 11.6 Å². The third-order valence-electron chi connectivity index (χ3n) is 3.03. The van der Waals surface area contributed by atoms with Crippen molar-refractivity contribution in [2.45, 2.75) is 25.9 Å². The van der Waals surface area contributed by atoms with E-state index in [1.807, 2.05) is 12.1 Å². The molecule has 0 aliphatic rings. The van der Waals surface area contributed by atoms with Crippen molar-refractivity contribution in [1.29, 1.82) is 0 Å². The molecular formula is C16H16BrF2N. The predicted octanol–water partition coefficient (Wildman–Crippen LogP) is 4.45. The Kier molecular flexibility index (Phi) is 5.26. The van der Waals surface area contributed by atoms with Crippen LogP contribution in [0.5, 0.6) is 0 Å². The fourth-order valence-electron chi connectivity index (χ4n) is 2.05. The number of rotatable bonds is 5. The maximum atomic E-state index is 13.1. The van der Waals surface area contributed by atoms with Crippen LogP contribution in [0.3, 0.4) is 0 Å². The van der Waals surface area contributed by atoms with Crippen molar-refractivity contribution in [3.05, 3.63) is 69.7 Å². The van der Waals surface area contributed by atoms with E-state index in [9.17, 15) is 8.78 Å². The average molecular weight is 340 g/mol. The monoisotopic (exact) mass is 339 g/mol. The van der Waals surface area contributed by atoms with Gasteiger partial charge in [-0.3, -0.25) is 0 Å². The lowest BCUT2D eigenvalue weighted by Crippen LogP contribution is -2.27. The van der Waals surface area contributed by atoms with Crippen LogP contribution in [0.15, 0.2) is 46.9 Å². The molecule has 20 heavy (non-hydrogen) atoms. The Balaban J connectivity index is 1.88. The molecule has 0 bridgehead atoms. The van der Waals surface area contributed by atoms with Crippen LogP contribution in [0.2, 0.25) is 0 Å². The van der Waals surface area contributed by atoms with Crippen molar-refractivity contribution in [2.24, 2.45) is 0 Å². The Hall–Kier alpha value is -1.26. The summed E-state index contributed by atoms with van der Waals surface area (Å²) in [5, 5.41) is 3.27.